The molecule has 3 heteroatoms. The first-order valence-electron chi connectivity index (χ1n) is 11.6. The van der Waals surface area contributed by atoms with E-state index in [1.54, 1.807) is 0 Å². The van der Waals surface area contributed by atoms with Crippen LogP contribution in [0.5, 0.6) is 0 Å². The topological polar surface area (TPSA) is 55.1 Å². The van der Waals surface area contributed by atoms with Gasteiger partial charge in [0.2, 0.25) is 5.91 Å². The van der Waals surface area contributed by atoms with Gasteiger partial charge in [0.25, 0.3) is 0 Å². The summed E-state index contributed by atoms with van der Waals surface area (Å²) in [7, 11) is 0. The fourth-order valence-electron chi connectivity index (χ4n) is 7.66. The highest BCUT2D eigenvalue weighted by Crippen LogP contribution is 2.67. The Labute approximate surface area is 169 Å². The van der Waals surface area contributed by atoms with E-state index in [0.29, 0.717) is 29.7 Å². The van der Waals surface area contributed by atoms with E-state index in [1.807, 2.05) is 0 Å². The van der Waals surface area contributed by atoms with Gasteiger partial charge in [0.15, 0.2) is 0 Å². The quantitative estimate of drug-likeness (QED) is 0.813. The van der Waals surface area contributed by atoms with E-state index in [1.165, 1.54) is 31.2 Å². The van der Waals surface area contributed by atoms with Crippen LogP contribution in [0.15, 0.2) is 30.3 Å². The molecule has 3 N–H and O–H groups in total. The third-order valence-corrected chi connectivity index (χ3v) is 9.16. The van der Waals surface area contributed by atoms with Crippen LogP contribution in [0.4, 0.5) is 0 Å². The highest BCUT2D eigenvalue weighted by Gasteiger charge is 2.63. The Balaban J connectivity index is 1.38. The molecule has 152 valence electrons. The lowest BCUT2D eigenvalue weighted by Crippen LogP contribution is -2.62. The molecule has 0 spiro atoms. The van der Waals surface area contributed by atoms with Gasteiger partial charge >= 0.3 is 0 Å². The Bertz CT molecular complexity index is 705. The van der Waals surface area contributed by atoms with Crippen LogP contribution >= 0.6 is 0 Å². The number of nitrogens with one attached hydrogen (secondary N) is 1. The molecule has 5 aliphatic carbocycles. The summed E-state index contributed by atoms with van der Waals surface area (Å²) in [5.74, 6) is 3.23. The average molecular weight is 381 g/mol. The minimum absolute atomic E-state index is 0.126. The molecule has 6 rings (SSSR count). The van der Waals surface area contributed by atoms with Crippen molar-refractivity contribution >= 4 is 5.91 Å². The molecule has 3 nitrogen and oxygen atoms in total. The molecule has 2 atom stereocenters. The first-order chi connectivity index (χ1) is 13.5. The van der Waals surface area contributed by atoms with Crippen molar-refractivity contribution in [2.24, 2.45) is 34.8 Å². The van der Waals surface area contributed by atoms with Crippen LogP contribution in [0, 0.1) is 29.1 Å². The van der Waals surface area contributed by atoms with Gasteiger partial charge in [-0.1, -0.05) is 37.3 Å². The first kappa shape index (κ1) is 18.7. The fourth-order valence-corrected chi connectivity index (χ4v) is 7.66. The molecule has 4 bridgehead atoms. The van der Waals surface area contributed by atoms with E-state index in [0.717, 1.165) is 44.6 Å². The highest BCUT2D eigenvalue weighted by atomic mass is 16.2. The molecule has 0 aromatic heterocycles. The molecule has 1 amide bonds. The standard InChI is InChI=1S/C25H36N2O/c1-17-19-11-24(21-5-3-2-4-6-21)12-20(17)14-25(13-19,16-24)23(28)27-22-9-7-18(15-26)8-10-22/h2-6,17-20,22H,7-16,26H2,1H3,(H,27,28). The molecular formula is C25H36N2O. The van der Waals surface area contributed by atoms with Crippen LogP contribution in [0.25, 0.3) is 0 Å². The maximum Gasteiger partial charge on any atom is 0.226 e. The summed E-state index contributed by atoms with van der Waals surface area (Å²) in [4.78, 5) is 13.7. The highest BCUT2D eigenvalue weighted by molar-refractivity contribution is 5.84. The van der Waals surface area contributed by atoms with Crippen LogP contribution in [0.2, 0.25) is 0 Å². The third-order valence-electron chi connectivity index (χ3n) is 9.16. The minimum atomic E-state index is -0.126. The molecule has 28 heavy (non-hydrogen) atoms. The van der Waals surface area contributed by atoms with E-state index >= 15 is 0 Å². The van der Waals surface area contributed by atoms with Crippen molar-refractivity contribution in [1.29, 1.82) is 0 Å². The Kier molecular flexibility index (Phi) is 4.58. The van der Waals surface area contributed by atoms with Gasteiger partial charge in [-0.3, -0.25) is 4.79 Å². The Hall–Kier alpha value is -1.35. The van der Waals surface area contributed by atoms with Gasteiger partial charge in [-0.25, -0.2) is 0 Å². The predicted molar refractivity (Wildman–Crippen MR) is 113 cm³/mol. The molecule has 5 saturated carbocycles. The van der Waals surface area contributed by atoms with E-state index in [-0.39, 0.29) is 10.8 Å². The molecule has 5 aliphatic rings. The molecular weight excluding hydrogens is 344 g/mol. The molecule has 0 aliphatic heterocycles. The summed E-state index contributed by atoms with van der Waals surface area (Å²) in [6.45, 7) is 3.25. The van der Waals surface area contributed by atoms with E-state index in [2.05, 4.69) is 42.6 Å². The van der Waals surface area contributed by atoms with Crippen molar-refractivity contribution in [3.63, 3.8) is 0 Å². The Morgan fingerprint density at radius 2 is 1.68 bits per heavy atom. The van der Waals surface area contributed by atoms with Crippen molar-refractivity contribution in [2.45, 2.75) is 76.2 Å². The third kappa shape index (κ3) is 2.93. The molecule has 5 fully saturated rings. The monoisotopic (exact) mass is 380 g/mol. The zero-order valence-corrected chi connectivity index (χ0v) is 17.3. The fraction of sp³-hybridized carbons (Fsp3) is 0.720. The van der Waals surface area contributed by atoms with Gasteiger partial charge in [-0.2, -0.15) is 0 Å². The molecule has 2 unspecified atom stereocenters. The number of amides is 1. The van der Waals surface area contributed by atoms with Gasteiger partial charge in [-0.05, 0) is 99.0 Å². The van der Waals surface area contributed by atoms with Gasteiger partial charge in [-0.15, -0.1) is 0 Å². The summed E-state index contributed by atoms with van der Waals surface area (Å²) in [5, 5.41) is 3.52. The van der Waals surface area contributed by atoms with Crippen molar-refractivity contribution in [2.75, 3.05) is 6.54 Å². The van der Waals surface area contributed by atoms with Crippen LogP contribution in [-0.2, 0) is 10.2 Å². The molecule has 1 aromatic rings. The number of hydrogen-bond acceptors (Lipinski definition) is 2. The summed E-state index contributed by atoms with van der Waals surface area (Å²) in [6, 6.07) is 11.5. The van der Waals surface area contributed by atoms with Crippen LogP contribution in [0.3, 0.4) is 0 Å². The van der Waals surface area contributed by atoms with Gasteiger partial charge in [0.05, 0.1) is 5.41 Å². The average Bonchev–Trinajstić information content (AvgIpc) is 2.72. The number of carbonyl (C=O) groups is 1. The van der Waals surface area contributed by atoms with E-state index in [9.17, 15) is 4.79 Å². The second-order valence-corrected chi connectivity index (χ2v) is 10.7. The Morgan fingerprint density at radius 1 is 1.04 bits per heavy atom. The smallest absolute Gasteiger partial charge is 0.226 e. The lowest BCUT2D eigenvalue weighted by Gasteiger charge is -2.64. The zero-order chi connectivity index (χ0) is 19.4. The maximum atomic E-state index is 13.7. The van der Waals surface area contributed by atoms with Gasteiger partial charge < -0.3 is 11.1 Å². The molecule has 0 heterocycles. The lowest BCUT2D eigenvalue weighted by molar-refractivity contribution is -0.157. The number of rotatable bonds is 4. The number of benzene rings is 1. The molecule has 0 radical (unpaired) electrons. The lowest BCUT2D eigenvalue weighted by atomic mass is 9.40. The summed E-state index contributed by atoms with van der Waals surface area (Å²) in [6.07, 6.45) is 10.4. The summed E-state index contributed by atoms with van der Waals surface area (Å²) >= 11 is 0. The first-order valence-corrected chi connectivity index (χ1v) is 11.6. The summed E-state index contributed by atoms with van der Waals surface area (Å²) < 4.78 is 0. The van der Waals surface area contributed by atoms with E-state index in [4.69, 9.17) is 5.73 Å². The van der Waals surface area contributed by atoms with Crippen LogP contribution in [-0.4, -0.2) is 18.5 Å². The van der Waals surface area contributed by atoms with Gasteiger partial charge in [0.1, 0.15) is 0 Å². The normalized spacial score (nSPS) is 44.4. The van der Waals surface area contributed by atoms with Crippen molar-refractivity contribution < 1.29 is 4.79 Å². The van der Waals surface area contributed by atoms with Crippen molar-refractivity contribution in [1.82, 2.24) is 5.32 Å². The SMILES string of the molecule is CC1C2CC3(C(=O)NC4CCC(CN)CC4)CC1CC(c1ccccc1)(C2)C3. The predicted octanol–water partition coefficient (Wildman–Crippen LogP) is 4.40. The van der Waals surface area contributed by atoms with Crippen LogP contribution < -0.4 is 11.1 Å². The maximum absolute atomic E-state index is 13.7. The molecule has 1 aromatic carbocycles. The van der Waals surface area contributed by atoms with Gasteiger partial charge in [0, 0.05) is 6.04 Å². The Morgan fingerprint density at radius 3 is 2.29 bits per heavy atom. The zero-order valence-electron chi connectivity index (χ0n) is 17.3. The second kappa shape index (κ2) is 6.86. The van der Waals surface area contributed by atoms with Crippen molar-refractivity contribution in [3.8, 4) is 0 Å². The van der Waals surface area contributed by atoms with Crippen molar-refractivity contribution in [3.05, 3.63) is 35.9 Å². The molecule has 0 saturated heterocycles. The largest absolute Gasteiger partial charge is 0.353 e. The van der Waals surface area contributed by atoms with E-state index < -0.39 is 0 Å². The number of carbonyl (C=O) groups excluding carboxylic acids is 1. The second-order valence-electron chi connectivity index (χ2n) is 10.7. The summed E-state index contributed by atoms with van der Waals surface area (Å²) in [5.41, 5.74) is 7.44. The van der Waals surface area contributed by atoms with Crippen LogP contribution in [0.1, 0.15) is 70.3 Å². The number of nitrogens with two attached hydrogens (primary N) is 1. The minimum Gasteiger partial charge on any atom is -0.353 e. The number of hydrogen-bond donors (Lipinski definition) is 2.